The highest BCUT2D eigenvalue weighted by Crippen LogP contribution is 2.37. The van der Waals surface area contributed by atoms with E-state index in [4.69, 9.17) is 11.6 Å². The average molecular weight is 391 g/mol. The summed E-state index contributed by atoms with van der Waals surface area (Å²) in [6.45, 7) is 2.29. The molecule has 7 heteroatoms. The van der Waals surface area contributed by atoms with E-state index in [2.05, 4.69) is 0 Å². The third-order valence-corrected chi connectivity index (χ3v) is 7.21. The van der Waals surface area contributed by atoms with Crippen LogP contribution in [0.25, 0.3) is 0 Å². The van der Waals surface area contributed by atoms with Crippen molar-refractivity contribution < 1.29 is 13.2 Å². The predicted molar refractivity (Wildman–Crippen MR) is 102 cm³/mol. The van der Waals surface area contributed by atoms with Gasteiger partial charge in [-0.2, -0.15) is 0 Å². The third-order valence-electron chi connectivity index (χ3n) is 5.11. The normalized spacial score (nSPS) is 24.2. The fourth-order valence-electron chi connectivity index (χ4n) is 3.78. The summed E-state index contributed by atoms with van der Waals surface area (Å²) in [5.74, 6) is -0.00742. The highest BCUT2D eigenvalue weighted by atomic mass is 35.5. The number of fused-ring (bicyclic) bond motifs is 1. The van der Waals surface area contributed by atoms with Crippen molar-refractivity contribution in [1.29, 1.82) is 0 Å². The second-order valence-corrected chi connectivity index (χ2v) is 9.47. The number of amides is 2. The number of benzene rings is 2. The first-order chi connectivity index (χ1) is 12.4. The molecule has 0 aromatic heterocycles. The molecule has 26 heavy (non-hydrogen) atoms. The first-order valence-corrected chi connectivity index (χ1v) is 10.7. The Hall–Kier alpha value is -2.05. The molecule has 0 spiro atoms. The quantitative estimate of drug-likeness (QED) is 0.756. The molecule has 0 radical (unpaired) electrons. The van der Waals surface area contributed by atoms with Gasteiger partial charge in [-0.05, 0) is 30.2 Å². The lowest BCUT2D eigenvalue weighted by atomic mass is 10.1. The summed E-state index contributed by atoms with van der Waals surface area (Å²) >= 11 is 6.24. The van der Waals surface area contributed by atoms with Crippen molar-refractivity contribution in [1.82, 2.24) is 4.90 Å². The van der Waals surface area contributed by atoms with E-state index in [1.54, 1.807) is 15.9 Å². The molecular formula is C19H19ClN2O3S. The number of carbonyl (C=O) groups is 1. The number of carbonyl (C=O) groups excluding carboxylic acids is 1. The number of halogens is 1. The molecule has 2 atom stereocenters. The van der Waals surface area contributed by atoms with E-state index in [0.29, 0.717) is 17.3 Å². The van der Waals surface area contributed by atoms with E-state index in [1.807, 2.05) is 49.4 Å². The molecule has 0 unspecified atom stereocenters. The average Bonchev–Trinajstić information content (AvgIpc) is 3.02. The summed E-state index contributed by atoms with van der Waals surface area (Å²) in [6, 6.07) is 14.2. The van der Waals surface area contributed by atoms with Gasteiger partial charge in [0.15, 0.2) is 9.84 Å². The lowest BCUT2D eigenvalue weighted by Crippen LogP contribution is -2.37. The zero-order valence-electron chi connectivity index (χ0n) is 14.3. The molecule has 2 aromatic carbocycles. The molecular weight excluding hydrogens is 372 g/mol. The van der Waals surface area contributed by atoms with Gasteiger partial charge in [0.1, 0.15) is 0 Å². The monoisotopic (exact) mass is 390 g/mol. The zero-order chi connectivity index (χ0) is 18.5. The van der Waals surface area contributed by atoms with Crippen LogP contribution in [-0.4, -0.2) is 42.9 Å². The lowest BCUT2D eigenvalue weighted by Gasteiger charge is -2.23. The first-order valence-electron chi connectivity index (χ1n) is 8.46. The summed E-state index contributed by atoms with van der Waals surface area (Å²) in [5.41, 5.74) is 2.54. The number of rotatable bonds is 3. The maximum Gasteiger partial charge on any atom is 0.325 e. The topological polar surface area (TPSA) is 57.7 Å². The van der Waals surface area contributed by atoms with E-state index in [1.165, 1.54) is 0 Å². The molecule has 2 fully saturated rings. The molecule has 0 bridgehead atoms. The number of anilines is 1. The van der Waals surface area contributed by atoms with Gasteiger partial charge < -0.3 is 4.90 Å². The highest BCUT2D eigenvalue weighted by molar-refractivity contribution is 7.91. The third kappa shape index (κ3) is 2.97. The van der Waals surface area contributed by atoms with Crippen LogP contribution in [0, 0.1) is 6.92 Å². The highest BCUT2D eigenvalue weighted by Gasteiger charge is 2.53. The zero-order valence-corrected chi connectivity index (χ0v) is 15.9. The van der Waals surface area contributed by atoms with Crippen LogP contribution in [0.4, 0.5) is 10.5 Å². The summed E-state index contributed by atoms with van der Waals surface area (Å²) < 4.78 is 24.5. The summed E-state index contributed by atoms with van der Waals surface area (Å²) in [4.78, 5) is 16.4. The number of urea groups is 1. The van der Waals surface area contributed by atoms with Crippen LogP contribution in [-0.2, 0) is 16.4 Å². The van der Waals surface area contributed by atoms with Crippen molar-refractivity contribution in [2.45, 2.75) is 25.6 Å². The first kappa shape index (κ1) is 17.4. The molecule has 2 amide bonds. The van der Waals surface area contributed by atoms with Gasteiger partial charge in [-0.3, -0.25) is 4.90 Å². The molecule has 2 heterocycles. The van der Waals surface area contributed by atoms with Crippen LogP contribution in [0.15, 0.2) is 48.5 Å². The summed E-state index contributed by atoms with van der Waals surface area (Å²) in [5, 5.41) is 0.564. The molecule has 0 saturated carbocycles. The summed E-state index contributed by atoms with van der Waals surface area (Å²) in [6.07, 6.45) is 0. The molecule has 136 valence electrons. The molecule has 2 aliphatic rings. The SMILES string of the molecule is Cc1ccc(N2C(=O)N(Cc3ccccc3)[C@H]3CS(=O)(=O)C[C@H]32)cc1Cl. The number of sulfone groups is 1. The van der Waals surface area contributed by atoms with Crippen molar-refractivity contribution in [3.8, 4) is 0 Å². The number of nitrogens with zero attached hydrogens (tertiary/aromatic N) is 2. The van der Waals surface area contributed by atoms with Gasteiger partial charge in [-0.1, -0.05) is 48.0 Å². The Kier molecular flexibility index (Phi) is 4.20. The number of hydrogen-bond donors (Lipinski definition) is 0. The fourth-order valence-corrected chi connectivity index (χ4v) is 5.90. The Morgan fingerprint density at radius 1 is 1.08 bits per heavy atom. The Balaban J connectivity index is 1.72. The van der Waals surface area contributed by atoms with E-state index >= 15 is 0 Å². The lowest BCUT2D eigenvalue weighted by molar-refractivity contribution is 0.206. The molecule has 5 nitrogen and oxygen atoms in total. The number of hydrogen-bond acceptors (Lipinski definition) is 3. The Morgan fingerprint density at radius 3 is 2.46 bits per heavy atom. The van der Waals surface area contributed by atoms with E-state index < -0.39 is 9.84 Å². The molecule has 2 aromatic rings. The van der Waals surface area contributed by atoms with Gasteiger partial charge in [0.05, 0.1) is 23.6 Å². The van der Waals surface area contributed by atoms with Crippen molar-refractivity contribution in [3.05, 3.63) is 64.7 Å². The van der Waals surface area contributed by atoms with Crippen LogP contribution >= 0.6 is 11.6 Å². The largest absolute Gasteiger partial charge is 0.325 e. The second kappa shape index (κ2) is 6.28. The minimum absolute atomic E-state index is 0.00628. The van der Waals surface area contributed by atoms with Gasteiger partial charge in [0.2, 0.25) is 0 Å². The van der Waals surface area contributed by atoms with Crippen molar-refractivity contribution >= 4 is 33.2 Å². The van der Waals surface area contributed by atoms with Gasteiger partial charge in [-0.15, -0.1) is 0 Å². The van der Waals surface area contributed by atoms with Crippen LogP contribution in [0.3, 0.4) is 0 Å². The van der Waals surface area contributed by atoms with Gasteiger partial charge in [-0.25, -0.2) is 13.2 Å². The fraction of sp³-hybridized carbons (Fsp3) is 0.316. The minimum atomic E-state index is -3.18. The van der Waals surface area contributed by atoms with Crippen molar-refractivity contribution in [2.24, 2.45) is 0 Å². The maximum atomic E-state index is 13.1. The van der Waals surface area contributed by atoms with Crippen LogP contribution in [0.2, 0.25) is 5.02 Å². The minimum Gasteiger partial charge on any atom is -0.314 e. The maximum absolute atomic E-state index is 13.1. The van der Waals surface area contributed by atoms with Gasteiger partial charge in [0, 0.05) is 17.3 Å². The molecule has 2 aliphatic heterocycles. The second-order valence-electron chi connectivity index (χ2n) is 6.91. The van der Waals surface area contributed by atoms with Crippen LogP contribution in [0.5, 0.6) is 0 Å². The molecule has 4 rings (SSSR count). The molecule has 0 N–H and O–H groups in total. The Bertz CT molecular complexity index is 962. The summed E-state index contributed by atoms with van der Waals surface area (Å²) in [7, 11) is -3.18. The molecule has 0 aliphatic carbocycles. The smallest absolute Gasteiger partial charge is 0.314 e. The van der Waals surface area contributed by atoms with Crippen molar-refractivity contribution in [3.63, 3.8) is 0 Å². The van der Waals surface area contributed by atoms with E-state index in [0.717, 1.165) is 11.1 Å². The Morgan fingerprint density at radius 2 is 1.77 bits per heavy atom. The van der Waals surface area contributed by atoms with Gasteiger partial charge in [0.25, 0.3) is 0 Å². The number of aryl methyl sites for hydroxylation is 1. The molecule has 2 saturated heterocycles. The standard InChI is InChI=1S/C19H19ClN2O3S/c1-13-7-8-15(9-16(13)20)22-18-12-26(24,25)11-17(18)21(19(22)23)10-14-5-3-2-4-6-14/h2-9,17-18H,10-12H2,1H3/t17-,18+/m0/s1. The van der Waals surface area contributed by atoms with E-state index in [-0.39, 0.29) is 29.6 Å². The van der Waals surface area contributed by atoms with Gasteiger partial charge >= 0.3 is 6.03 Å². The van der Waals surface area contributed by atoms with Crippen molar-refractivity contribution in [2.75, 3.05) is 16.4 Å². The van der Waals surface area contributed by atoms with E-state index in [9.17, 15) is 13.2 Å². The predicted octanol–water partition coefficient (Wildman–Crippen LogP) is 3.26. The Labute approximate surface area is 158 Å². The van der Waals surface area contributed by atoms with Crippen LogP contribution < -0.4 is 4.90 Å². The van der Waals surface area contributed by atoms with Crippen LogP contribution in [0.1, 0.15) is 11.1 Å².